The second-order valence-corrected chi connectivity index (χ2v) is 5.28. The molecule has 0 saturated carbocycles. The number of aliphatic carboxylic acids is 1. The molecule has 6 heteroatoms. The number of rotatable bonds is 4. The molecule has 116 valence electrons. The van der Waals surface area contributed by atoms with E-state index in [1.165, 1.54) is 4.90 Å². The van der Waals surface area contributed by atoms with Crippen molar-refractivity contribution in [2.24, 2.45) is 0 Å². The van der Waals surface area contributed by atoms with E-state index in [1.807, 2.05) is 6.07 Å². The van der Waals surface area contributed by atoms with Crippen molar-refractivity contribution in [2.75, 3.05) is 6.54 Å². The van der Waals surface area contributed by atoms with Crippen LogP contribution >= 0.6 is 0 Å². The lowest BCUT2D eigenvalue weighted by molar-refractivity contribution is -0.155. The number of ether oxygens (including phenoxy) is 1. The Bertz CT molecular complexity index is 608. The molecule has 1 aliphatic rings. The number of nitrogens with zero attached hydrogens (tertiary/aromatic N) is 2. The molecule has 0 aromatic heterocycles. The molecule has 0 bridgehead atoms. The number of hydrogen-bond donors (Lipinski definition) is 1. The predicted molar refractivity (Wildman–Crippen MR) is 78.2 cm³/mol. The predicted octanol–water partition coefficient (Wildman–Crippen LogP) is 1.79. The summed E-state index contributed by atoms with van der Waals surface area (Å²) in [6.45, 7) is 2.02. The fourth-order valence-electron chi connectivity index (χ4n) is 2.58. The van der Waals surface area contributed by atoms with Gasteiger partial charge in [-0.05, 0) is 44.4 Å². The maximum atomic E-state index is 12.4. The first-order valence-corrected chi connectivity index (χ1v) is 7.23. The summed E-state index contributed by atoms with van der Waals surface area (Å²) in [5.74, 6) is -0.898. The molecule has 0 unspecified atom stereocenters. The zero-order valence-electron chi connectivity index (χ0n) is 12.4. The highest BCUT2D eigenvalue weighted by molar-refractivity contribution is 5.86. The molecule has 1 saturated heterocycles. The monoisotopic (exact) mass is 302 g/mol. The number of piperidine rings is 1. The average Bonchev–Trinajstić information content (AvgIpc) is 2.54. The normalized spacial score (nSPS) is 19.1. The molecule has 2 rings (SSSR count). The van der Waals surface area contributed by atoms with Gasteiger partial charge in [0.25, 0.3) is 5.91 Å². The number of carboxylic acids is 1. The van der Waals surface area contributed by atoms with Crippen LogP contribution in [0.2, 0.25) is 0 Å². The molecule has 1 heterocycles. The summed E-state index contributed by atoms with van der Waals surface area (Å²) >= 11 is 0. The van der Waals surface area contributed by atoms with E-state index in [-0.39, 0.29) is 5.91 Å². The van der Waals surface area contributed by atoms with Gasteiger partial charge in [-0.3, -0.25) is 4.79 Å². The summed E-state index contributed by atoms with van der Waals surface area (Å²) in [7, 11) is 0. The maximum absolute atomic E-state index is 12.4. The SMILES string of the molecule is C[C@H](Oc1cccc(C#N)c1)C(=O)N1CCCC[C@@H]1C(=O)O. The van der Waals surface area contributed by atoms with Gasteiger partial charge >= 0.3 is 5.97 Å². The zero-order chi connectivity index (χ0) is 16.1. The Labute approximate surface area is 128 Å². The lowest BCUT2D eigenvalue weighted by atomic mass is 10.0. The van der Waals surface area contributed by atoms with Gasteiger partial charge in [-0.15, -0.1) is 0 Å². The summed E-state index contributed by atoms with van der Waals surface area (Å²) in [5, 5.41) is 18.1. The van der Waals surface area contributed by atoms with Gasteiger partial charge in [0, 0.05) is 6.54 Å². The molecule has 1 N–H and O–H groups in total. The van der Waals surface area contributed by atoms with Crippen LogP contribution in [0.15, 0.2) is 24.3 Å². The van der Waals surface area contributed by atoms with Crippen molar-refractivity contribution in [1.82, 2.24) is 4.90 Å². The van der Waals surface area contributed by atoms with Crippen molar-refractivity contribution >= 4 is 11.9 Å². The third-order valence-corrected chi connectivity index (χ3v) is 3.69. The van der Waals surface area contributed by atoms with Crippen LogP contribution in [0.3, 0.4) is 0 Å². The largest absolute Gasteiger partial charge is 0.481 e. The van der Waals surface area contributed by atoms with Gasteiger partial charge in [0.05, 0.1) is 11.6 Å². The van der Waals surface area contributed by atoms with Gasteiger partial charge < -0.3 is 14.7 Å². The quantitative estimate of drug-likeness (QED) is 0.915. The van der Waals surface area contributed by atoms with Crippen LogP contribution in [0, 0.1) is 11.3 Å². The van der Waals surface area contributed by atoms with Crippen molar-refractivity contribution in [3.05, 3.63) is 29.8 Å². The molecule has 22 heavy (non-hydrogen) atoms. The van der Waals surface area contributed by atoms with Crippen LogP contribution in [-0.4, -0.2) is 40.6 Å². The maximum Gasteiger partial charge on any atom is 0.326 e. The third-order valence-electron chi connectivity index (χ3n) is 3.69. The van der Waals surface area contributed by atoms with E-state index in [0.717, 1.165) is 12.8 Å². The molecule has 1 amide bonds. The molecular formula is C16H18N2O4. The average molecular weight is 302 g/mol. The lowest BCUT2D eigenvalue weighted by Crippen LogP contribution is -2.52. The number of benzene rings is 1. The number of carboxylic acid groups (broad SMARTS) is 1. The van der Waals surface area contributed by atoms with Gasteiger partial charge in [0.1, 0.15) is 11.8 Å². The number of amides is 1. The summed E-state index contributed by atoms with van der Waals surface area (Å²) in [4.78, 5) is 25.1. The molecule has 0 spiro atoms. The molecule has 1 aromatic carbocycles. The molecule has 1 aromatic rings. The fraction of sp³-hybridized carbons (Fsp3) is 0.438. The number of carbonyl (C=O) groups is 2. The van der Waals surface area contributed by atoms with Gasteiger partial charge in [0.15, 0.2) is 6.10 Å². The number of carbonyl (C=O) groups excluding carboxylic acids is 1. The molecular weight excluding hydrogens is 284 g/mol. The smallest absolute Gasteiger partial charge is 0.326 e. The van der Waals surface area contributed by atoms with Crippen LogP contribution < -0.4 is 4.74 Å². The van der Waals surface area contributed by atoms with E-state index in [2.05, 4.69) is 0 Å². The van der Waals surface area contributed by atoms with Crippen molar-refractivity contribution < 1.29 is 19.4 Å². The lowest BCUT2D eigenvalue weighted by Gasteiger charge is -2.34. The van der Waals surface area contributed by atoms with Crippen molar-refractivity contribution in [3.8, 4) is 11.8 Å². The van der Waals surface area contributed by atoms with Crippen LogP contribution in [0.5, 0.6) is 5.75 Å². The first-order valence-electron chi connectivity index (χ1n) is 7.23. The standard InChI is InChI=1S/C16H18N2O4/c1-11(22-13-6-4-5-12(9-13)10-17)15(19)18-8-3-2-7-14(18)16(20)21/h4-6,9,11,14H,2-3,7-8H2,1H3,(H,20,21)/t11-,14+/m0/s1. The summed E-state index contributed by atoms with van der Waals surface area (Å²) in [5.41, 5.74) is 0.443. The van der Waals surface area contributed by atoms with Crippen LogP contribution in [0.4, 0.5) is 0 Å². The van der Waals surface area contributed by atoms with Crippen molar-refractivity contribution in [1.29, 1.82) is 5.26 Å². The van der Waals surface area contributed by atoms with Gasteiger partial charge in [-0.1, -0.05) is 6.07 Å². The van der Waals surface area contributed by atoms with Crippen LogP contribution in [0.25, 0.3) is 0 Å². The molecule has 0 radical (unpaired) electrons. The Balaban J connectivity index is 2.07. The first-order chi connectivity index (χ1) is 10.5. The number of nitriles is 1. The van der Waals surface area contributed by atoms with E-state index in [0.29, 0.717) is 24.3 Å². The van der Waals surface area contributed by atoms with Gasteiger partial charge in [0.2, 0.25) is 0 Å². The molecule has 0 aliphatic carbocycles. The second-order valence-electron chi connectivity index (χ2n) is 5.28. The second kappa shape index (κ2) is 6.94. The number of likely N-dealkylation sites (tertiary alicyclic amines) is 1. The minimum atomic E-state index is -0.980. The zero-order valence-corrected chi connectivity index (χ0v) is 12.4. The summed E-state index contributed by atoms with van der Waals surface area (Å²) < 4.78 is 5.56. The Morgan fingerprint density at radius 2 is 2.23 bits per heavy atom. The van der Waals surface area contributed by atoms with Crippen LogP contribution in [-0.2, 0) is 9.59 Å². The van der Waals surface area contributed by atoms with E-state index < -0.39 is 18.1 Å². The highest BCUT2D eigenvalue weighted by Crippen LogP contribution is 2.20. The minimum absolute atomic E-state index is 0.338. The van der Waals surface area contributed by atoms with Crippen molar-refractivity contribution in [2.45, 2.75) is 38.3 Å². The molecule has 6 nitrogen and oxygen atoms in total. The highest BCUT2D eigenvalue weighted by atomic mass is 16.5. The first kappa shape index (κ1) is 15.8. The topological polar surface area (TPSA) is 90.6 Å². The molecule has 1 fully saturated rings. The highest BCUT2D eigenvalue weighted by Gasteiger charge is 2.34. The van der Waals surface area contributed by atoms with Gasteiger partial charge in [-0.25, -0.2) is 4.79 Å². The Morgan fingerprint density at radius 1 is 1.45 bits per heavy atom. The summed E-state index contributed by atoms with van der Waals surface area (Å²) in [6.07, 6.45) is 1.28. The summed E-state index contributed by atoms with van der Waals surface area (Å²) in [6, 6.07) is 7.75. The fourth-order valence-corrected chi connectivity index (χ4v) is 2.58. The van der Waals surface area contributed by atoms with E-state index in [1.54, 1.807) is 31.2 Å². The number of hydrogen-bond acceptors (Lipinski definition) is 4. The van der Waals surface area contributed by atoms with Crippen LogP contribution in [0.1, 0.15) is 31.7 Å². The third kappa shape index (κ3) is 3.55. The Kier molecular flexibility index (Phi) is 4.99. The van der Waals surface area contributed by atoms with E-state index in [9.17, 15) is 14.7 Å². The molecule has 2 atom stereocenters. The Hall–Kier alpha value is -2.55. The molecule has 1 aliphatic heterocycles. The Morgan fingerprint density at radius 3 is 2.91 bits per heavy atom. The van der Waals surface area contributed by atoms with Crippen molar-refractivity contribution in [3.63, 3.8) is 0 Å². The van der Waals surface area contributed by atoms with Gasteiger partial charge in [-0.2, -0.15) is 5.26 Å². The minimum Gasteiger partial charge on any atom is -0.481 e. The van der Waals surface area contributed by atoms with E-state index in [4.69, 9.17) is 10.00 Å². The van der Waals surface area contributed by atoms with E-state index >= 15 is 0 Å².